The minimum atomic E-state index is 0.288. The molecule has 1 N–H and O–H groups in total. The predicted octanol–water partition coefficient (Wildman–Crippen LogP) is 2.81. The summed E-state index contributed by atoms with van der Waals surface area (Å²) in [6.07, 6.45) is 0.789. The number of aromatic nitrogens is 2. The molecule has 0 amide bonds. The van der Waals surface area contributed by atoms with Gasteiger partial charge in [0.1, 0.15) is 5.82 Å². The highest BCUT2D eigenvalue weighted by Gasteiger charge is 2.17. The highest BCUT2D eigenvalue weighted by atomic mass is 35.5. The Morgan fingerprint density at radius 2 is 2.05 bits per heavy atom. The average molecular weight is 276 g/mol. The second-order valence-electron chi connectivity index (χ2n) is 4.41. The molecule has 1 aliphatic heterocycles. The zero-order valence-corrected chi connectivity index (χ0v) is 11.2. The van der Waals surface area contributed by atoms with Crippen molar-refractivity contribution in [3.63, 3.8) is 0 Å². The molecule has 0 saturated heterocycles. The highest BCUT2D eigenvalue weighted by Crippen LogP contribution is 2.24. The maximum atomic E-state index is 5.96. The Kier molecular flexibility index (Phi) is 3.62. The van der Waals surface area contributed by atoms with Crippen LogP contribution in [0.2, 0.25) is 5.28 Å². The SMILES string of the molecule is Clc1nc2c(c(NCc3ccccc3)n1)COCC2. The van der Waals surface area contributed by atoms with Crippen LogP contribution in [0.25, 0.3) is 0 Å². The van der Waals surface area contributed by atoms with Crippen molar-refractivity contribution in [2.75, 3.05) is 11.9 Å². The van der Waals surface area contributed by atoms with Crippen LogP contribution < -0.4 is 5.32 Å². The minimum Gasteiger partial charge on any atom is -0.376 e. The van der Waals surface area contributed by atoms with Crippen molar-refractivity contribution in [3.05, 3.63) is 52.4 Å². The first-order chi connectivity index (χ1) is 9.33. The summed E-state index contributed by atoms with van der Waals surface area (Å²) in [5.74, 6) is 0.776. The summed E-state index contributed by atoms with van der Waals surface area (Å²) in [7, 11) is 0. The third-order valence-corrected chi connectivity index (χ3v) is 3.27. The largest absolute Gasteiger partial charge is 0.376 e. The van der Waals surface area contributed by atoms with E-state index in [-0.39, 0.29) is 5.28 Å². The number of hydrogen-bond acceptors (Lipinski definition) is 4. The van der Waals surface area contributed by atoms with Gasteiger partial charge in [0.25, 0.3) is 0 Å². The van der Waals surface area contributed by atoms with Crippen molar-refractivity contribution in [1.82, 2.24) is 9.97 Å². The summed E-state index contributed by atoms with van der Waals surface area (Å²) >= 11 is 5.96. The molecule has 0 fully saturated rings. The van der Waals surface area contributed by atoms with Gasteiger partial charge in [-0.05, 0) is 17.2 Å². The van der Waals surface area contributed by atoms with Crippen LogP contribution in [0, 0.1) is 0 Å². The predicted molar refractivity (Wildman–Crippen MR) is 74.2 cm³/mol. The summed E-state index contributed by atoms with van der Waals surface area (Å²) in [5, 5.41) is 3.60. The first-order valence-corrected chi connectivity index (χ1v) is 6.61. The van der Waals surface area contributed by atoms with Crippen LogP contribution in [-0.4, -0.2) is 16.6 Å². The van der Waals surface area contributed by atoms with Gasteiger partial charge in [-0.15, -0.1) is 0 Å². The lowest BCUT2D eigenvalue weighted by Gasteiger charge is -2.19. The number of ether oxygens (including phenoxy) is 1. The Hall–Kier alpha value is -1.65. The van der Waals surface area contributed by atoms with Crippen molar-refractivity contribution in [1.29, 1.82) is 0 Å². The van der Waals surface area contributed by atoms with Gasteiger partial charge in [-0.2, -0.15) is 0 Å². The molecule has 5 heteroatoms. The normalized spacial score (nSPS) is 13.9. The van der Waals surface area contributed by atoms with E-state index in [0.29, 0.717) is 19.8 Å². The minimum absolute atomic E-state index is 0.288. The van der Waals surface area contributed by atoms with E-state index in [0.717, 1.165) is 23.5 Å². The van der Waals surface area contributed by atoms with Crippen molar-refractivity contribution in [2.45, 2.75) is 19.6 Å². The monoisotopic (exact) mass is 275 g/mol. The molecule has 1 aromatic heterocycles. The zero-order valence-electron chi connectivity index (χ0n) is 10.4. The molecule has 4 nitrogen and oxygen atoms in total. The van der Waals surface area contributed by atoms with E-state index in [4.69, 9.17) is 16.3 Å². The van der Waals surface area contributed by atoms with Gasteiger partial charge in [0.15, 0.2) is 0 Å². The topological polar surface area (TPSA) is 47.0 Å². The summed E-state index contributed by atoms with van der Waals surface area (Å²) in [5.41, 5.74) is 3.20. The Bertz CT molecular complexity index is 574. The lowest BCUT2D eigenvalue weighted by Crippen LogP contribution is -2.16. The second-order valence-corrected chi connectivity index (χ2v) is 4.75. The maximum absolute atomic E-state index is 5.96. The summed E-state index contributed by atoms with van der Waals surface area (Å²) in [6, 6.07) is 10.2. The smallest absolute Gasteiger partial charge is 0.224 e. The molecule has 0 radical (unpaired) electrons. The molecular formula is C14H14ClN3O. The number of benzene rings is 1. The fraction of sp³-hybridized carbons (Fsp3) is 0.286. The molecule has 0 unspecified atom stereocenters. The van der Waals surface area contributed by atoms with E-state index in [1.807, 2.05) is 18.2 Å². The maximum Gasteiger partial charge on any atom is 0.224 e. The van der Waals surface area contributed by atoms with Crippen LogP contribution in [0.1, 0.15) is 16.8 Å². The number of fused-ring (bicyclic) bond motifs is 1. The molecule has 98 valence electrons. The van der Waals surface area contributed by atoms with Gasteiger partial charge in [0, 0.05) is 18.5 Å². The third kappa shape index (κ3) is 2.85. The molecule has 0 aliphatic carbocycles. The third-order valence-electron chi connectivity index (χ3n) is 3.10. The molecule has 0 bridgehead atoms. The number of halogens is 1. The van der Waals surface area contributed by atoms with E-state index < -0.39 is 0 Å². The molecule has 0 saturated carbocycles. The first kappa shape index (κ1) is 12.4. The van der Waals surface area contributed by atoms with Gasteiger partial charge in [-0.25, -0.2) is 9.97 Å². The van der Waals surface area contributed by atoms with Gasteiger partial charge in [0.2, 0.25) is 5.28 Å². The fourth-order valence-corrected chi connectivity index (χ4v) is 2.32. The fourth-order valence-electron chi connectivity index (χ4n) is 2.13. The van der Waals surface area contributed by atoms with Crippen LogP contribution in [0.4, 0.5) is 5.82 Å². The van der Waals surface area contributed by atoms with Crippen LogP contribution in [0.15, 0.2) is 30.3 Å². The number of anilines is 1. The Morgan fingerprint density at radius 3 is 2.89 bits per heavy atom. The number of nitrogens with zero attached hydrogens (tertiary/aromatic N) is 2. The average Bonchev–Trinajstić information content (AvgIpc) is 2.45. The van der Waals surface area contributed by atoms with E-state index in [1.165, 1.54) is 5.56 Å². The first-order valence-electron chi connectivity index (χ1n) is 6.24. The highest BCUT2D eigenvalue weighted by molar-refractivity contribution is 6.28. The van der Waals surface area contributed by atoms with Gasteiger partial charge >= 0.3 is 0 Å². The molecule has 0 spiro atoms. The van der Waals surface area contributed by atoms with Gasteiger partial charge in [-0.1, -0.05) is 30.3 Å². The standard InChI is InChI=1S/C14H14ClN3O/c15-14-17-12-6-7-19-9-11(12)13(18-14)16-8-10-4-2-1-3-5-10/h1-5H,6-9H2,(H,16,17,18). The van der Waals surface area contributed by atoms with Crippen molar-refractivity contribution in [3.8, 4) is 0 Å². The number of hydrogen-bond donors (Lipinski definition) is 1. The number of nitrogens with one attached hydrogen (secondary N) is 1. The summed E-state index contributed by atoms with van der Waals surface area (Å²) in [4.78, 5) is 8.53. The van der Waals surface area contributed by atoms with E-state index in [2.05, 4.69) is 27.4 Å². The second kappa shape index (κ2) is 5.55. The molecule has 1 aliphatic rings. The lowest BCUT2D eigenvalue weighted by molar-refractivity contribution is 0.109. The van der Waals surface area contributed by atoms with Crippen LogP contribution in [0.5, 0.6) is 0 Å². The van der Waals surface area contributed by atoms with E-state index in [9.17, 15) is 0 Å². The zero-order chi connectivity index (χ0) is 13.1. The van der Waals surface area contributed by atoms with Crippen molar-refractivity contribution >= 4 is 17.4 Å². The molecule has 0 atom stereocenters. The Balaban J connectivity index is 1.82. The van der Waals surface area contributed by atoms with Gasteiger partial charge < -0.3 is 10.1 Å². The Labute approximate surface area is 116 Å². The molecule has 3 rings (SSSR count). The molecule has 2 heterocycles. The van der Waals surface area contributed by atoms with Crippen LogP contribution in [-0.2, 0) is 24.3 Å². The Morgan fingerprint density at radius 1 is 1.21 bits per heavy atom. The van der Waals surface area contributed by atoms with E-state index >= 15 is 0 Å². The molecular weight excluding hydrogens is 262 g/mol. The molecule has 1 aromatic carbocycles. The van der Waals surface area contributed by atoms with Crippen LogP contribution >= 0.6 is 11.6 Å². The van der Waals surface area contributed by atoms with E-state index in [1.54, 1.807) is 0 Å². The van der Waals surface area contributed by atoms with Gasteiger partial charge in [0.05, 0.1) is 18.9 Å². The quantitative estimate of drug-likeness (QED) is 0.875. The molecule has 19 heavy (non-hydrogen) atoms. The molecule has 2 aromatic rings. The summed E-state index contributed by atoms with van der Waals surface area (Å²) < 4.78 is 5.47. The summed E-state index contributed by atoms with van der Waals surface area (Å²) in [6.45, 7) is 1.95. The lowest BCUT2D eigenvalue weighted by atomic mass is 10.1. The van der Waals surface area contributed by atoms with Crippen LogP contribution in [0.3, 0.4) is 0 Å². The van der Waals surface area contributed by atoms with Gasteiger partial charge in [-0.3, -0.25) is 0 Å². The van der Waals surface area contributed by atoms with Crippen molar-refractivity contribution < 1.29 is 4.74 Å². The van der Waals surface area contributed by atoms with Crippen molar-refractivity contribution in [2.24, 2.45) is 0 Å². The number of rotatable bonds is 3.